The Bertz CT molecular complexity index is 342. The van der Waals surface area contributed by atoms with E-state index in [0.717, 1.165) is 24.8 Å². The maximum Gasteiger partial charge on any atom is 0.137 e. The highest BCUT2D eigenvalue weighted by molar-refractivity contribution is 6.32. The largest absolute Gasteiger partial charge is 0.492 e. The number of halogens is 1. The minimum Gasteiger partial charge on any atom is -0.492 e. The zero-order chi connectivity index (χ0) is 12.7. The zero-order valence-electron chi connectivity index (χ0n) is 10.2. The van der Waals surface area contributed by atoms with Gasteiger partial charge in [-0.3, -0.25) is 0 Å². The summed E-state index contributed by atoms with van der Waals surface area (Å²) in [6.07, 6.45) is 2.71. The summed E-state index contributed by atoms with van der Waals surface area (Å²) in [6.45, 7) is 2.78. The summed E-state index contributed by atoms with van der Waals surface area (Å²) < 4.78 is 5.56. The van der Waals surface area contributed by atoms with Gasteiger partial charge in [0.2, 0.25) is 0 Å². The molecule has 1 rings (SSSR count). The second-order valence-corrected chi connectivity index (χ2v) is 4.52. The summed E-state index contributed by atoms with van der Waals surface area (Å²) in [5.74, 6) is 0.695. The van der Waals surface area contributed by atoms with Crippen molar-refractivity contribution in [2.75, 3.05) is 13.2 Å². The first-order valence-electron chi connectivity index (χ1n) is 5.94. The van der Waals surface area contributed by atoms with Crippen LogP contribution in [0.5, 0.6) is 5.75 Å². The van der Waals surface area contributed by atoms with Crippen LogP contribution in [0.3, 0.4) is 0 Å². The molecule has 0 unspecified atom stereocenters. The van der Waals surface area contributed by atoms with Gasteiger partial charge in [-0.1, -0.05) is 17.7 Å². The molecule has 0 saturated carbocycles. The van der Waals surface area contributed by atoms with E-state index in [1.807, 2.05) is 25.1 Å². The Hall–Kier alpha value is -0.770. The molecule has 0 aliphatic carbocycles. The highest BCUT2D eigenvalue weighted by Crippen LogP contribution is 2.27. The summed E-state index contributed by atoms with van der Waals surface area (Å²) in [5, 5.41) is 9.23. The summed E-state index contributed by atoms with van der Waals surface area (Å²) in [6, 6.07) is 5.60. The molecule has 1 aromatic carbocycles. The fourth-order valence-corrected chi connectivity index (χ4v) is 1.73. The van der Waals surface area contributed by atoms with Gasteiger partial charge >= 0.3 is 0 Å². The van der Waals surface area contributed by atoms with Crippen molar-refractivity contribution in [1.82, 2.24) is 0 Å². The highest BCUT2D eigenvalue weighted by atomic mass is 35.5. The average molecular weight is 258 g/mol. The smallest absolute Gasteiger partial charge is 0.137 e. The van der Waals surface area contributed by atoms with E-state index >= 15 is 0 Å². The molecule has 3 N–H and O–H groups in total. The van der Waals surface area contributed by atoms with Crippen molar-refractivity contribution in [2.24, 2.45) is 5.73 Å². The van der Waals surface area contributed by atoms with Gasteiger partial charge in [-0.15, -0.1) is 0 Å². The van der Waals surface area contributed by atoms with Gasteiger partial charge in [-0.25, -0.2) is 0 Å². The van der Waals surface area contributed by atoms with Gasteiger partial charge in [0.25, 0.3) is 0 Å². The number of aliphatic hydroxyl groups excluding tert-OH is 1. The van der Waals surface area contributed by atoms with Gasteiger partial charge in [0.05, 0.1) is 11.6 Å². The third-order valence-electron chi connectivity index (χ3n) is 2.54. The molecule has 0 spiro atoms. The number of unbranched alkanes of at least 4 members (excludes halogenated alkanes) is 2. The van der Waals surface area contributed by atoms with Crippen molar-refractivity contribution in [3.63, 3.8) is 0 Å². The maximum absolute atomic E-state index is 8.64. The van der Waals surface area contributed by atoms with Crippen LogP contribution >= 0.6 is 11.6 Å². The first-order valence-corrected chi connectivity index (χ1v) is 6.31. The number of nitrogens with two attached hydrogens (primary N) is 1. The number of aliphatic hydroxyl groups is 1. The summed E-state index contributed by atoms with van der Waals surface area (Å²) in [4.78, 5) is 0. The van der Waals surface area contributed by atoms with Gasteiger partial charge in [0.15, 0.2) is 0 Å². The molecule has 17 heavy (non-hydrogen) atoms. The molecule has 0 aromatic heterocycles. The molecule has 0 aliphatic rings. The molecule has 96 valence electrons. The zero-order valence-corrected chi connectivity index (χ0v) is 10.9. The standard InChI is InChI=1S/C13H20ClNO2/c1-10(15)11-5-6-13(12(14)9-11)17-8-4-2-3-7-16/h5-6,9-10,16H,2-4,7-8,15H2,1H3/t10-/m0/s1. The minimum atomic E-state index is -0.0221. The number of hydrogen-bond acceptors (Lipinski definition) is 3. The minimum absolute atomic E-state index is 0.0221. The quantitative estimate of drug-likeness (QED) is 0.739. The molecular weight excluding hydrogens is 238 g/mol. The third-order valence-corrected chi connectivity index (χ3v) is 2.84. The summed E-state index contributed by atoms with van der Waals surface area (Å²) in [7, 11) is 0. The lowest BCUT2D eigenvalue weighted by Crippen LogP contribution is -2.05. The van der Waals surface area contributed by atoms with Crippen LogP contribution in [0.2, 0.25) is 5.02 Å². The van der Waals surface area contributed by atoms with E-state index in [-0.39, 0.29) is 12.6 Å². The molecule has 0 aliphatic heterocycles. The molecule has 0 radical (unpaired) electrons. The topological polar surface area (TPSA) is 55.5 Å². The summed E-state index contributed by atoms with van der Waals surface area (Å²) in [5.41, 5.74) is 6.77. The van der Waals surface area contributed by atoms with Gasteiger partial charge in [0, 0.05) is 12.6 Å². The van der Waals surface area contributed by atoms with Crippen LogP contribution in [0.4, 0.5) is 0 Å². The van der Waals surface area contributed by atoms with Crippen molar-refractivity contribution in [2.45, 2.75) is 32.2 Å². The molecule has 0 amide bonds. The first-order chi connectivity index (χ1) is 8.15. The predicted octanol–water partition coefficient (Wildman–Crippen LogP) is 2.90. The van der Waals surface area contributed by atoms with E-state index in [4.69, 9.17) is 27.2 Å². The second kappa shape index (κ2) is 7.54. The summed E-state index contributed by atoms with van der Waals surface area (Å²) >= 11 is 6.09. The molecule has 0 bridgehead atoms. The predicted molar refractivity (Wildman–Crippen MR) is 70.5 cm³/mol. The molecule has 0 saturated heterocycles. The Morgan fingerprint density at radius 1 is 1.35 bits per heavy atom. The first kappa shape index (κ1) is 14.3. The molecule has 4 heteroatoms. The van der Waals surface area contributed by atoms with Crippen LogP contribution < -0.4 is 10.5 Å². The van der Waals surface area contributed by atoms with Crippen LogP contribution in [0.1, 0.15) is 37.8 Å². The van der Waals surface area contributed by atoms with Crippen molar-refractivity contribution < 1.29 is 9.84 Å². The molecule has 3 nitrogen and oxygen atoms in total. The Balaban J connectivity index is 2.43. The Labute approximate surface area is 108 Å². The molecular formula is C13H20ClNO2. The molecule has 1 aromatic rings. The maximum atomic E-state index is 8.64. The number of rotatable bonds is 7. The second-order valence-electron chi connectivity index (χ2n) is 4.11. The lowest BCUT2D eigenvalue weighted by Gasteiger charge is -2.11. The Kier molecular flexibility index (Phi) is 6.34. The SMILES string of the molecule is C[C@H](N)c1ccc(OCCCCCO)c(Cl)c1. The van der Waals surface area contributed by atoms with Crippen LogP contribution in [-0.2, 0) is 0 Å². The van der Waals surface area contributed by atoms with E-state index in [0.29, 0.717) is 17.4 Å². The lowest BCUT2D eigenvalue weighted by atomic mass is 10.1. The number of benzene rings is 1. The van der Waals surface area contributed by atoms with E-state index in [2.05, 4.69) is 0 Å². The fourth-order valence-electron chi connectivity index (χ4n) is 1.49. The lowest BCUT2D eigenvalue weighted by molar-refractivity contribution is 0.266. The van der Waals surface area contributed by atoms with Crippen LogP contribution in [0.15, 0.2) is 18.2 Å². The van der Waals surface area contributed by atoms with Gasteiger partial charge < -0.3 is 15.6 Å². The van der Waals surface area contributed by atoms with Crippen LogP contribution in [0.25, 0.3) is 0 Å². The van der Waals surface area contributed by atoms with E-state index in [1.165, 1.54) is 0 Å². The van der Waals surface area contributed by atoms with Crippen molar-refractivity contribution in [3.05, 3.63) is 28.8 Å². The number of ether oxygens (including phenoxy) is 1. The van der Waals surface area contributed by atoms with Gasteiger partial charge in [-0.05, 0) is 43.9 Å². The van der Waals surface area contributed by atoms with Gasteiger partial charge in [-0.2, -0.15) is 0 Å². The van der Waals surface area contributed by atoms with Gasteiger partial charge in [0.1, 0.15) is 5.75 Å². The third kappa shape index (κ3) is 4.94. The molecule has 0 heterocycles. The number of hydrogen-bond donors (Lipinski definition) is 2. The average Bonchev–Trinajstić information content (AvgIpc) is 2.30. The molecule has 1 atom stereocenters. The normalized spacial score (nSPS) is 12.5. The Morgan fingerprint density at radius 3 is 2.71 bits per heavy atom. The van der Waals surface area contributed by atoms with E-state index in [1.54, 1.807) is 0 Å². The molecule has 0 fully saturated rings. The monoisotopic (exact) mass is 257 g/mol. The van der Waals surface area contributed by atoms with Crippen LogP contribution in [0, 0.1) is 0 Å². The van der Waals surface area contributed by atoms with E-state index in [9.17, 15) is 0 Å². The highest BCUT2D eigenvalue weighted by Gasteiger charge is 2.05. The van der Waals surface area contributed by atoms with Crippen molar-refractivity contribution in [3.8, 4) is 5.75 Å². The Morgan fingerprint density at radius 2 is 2.12 bits per heavy atom. The van der Waals surface area contributed by atoms with E-state index < -0.39 is 0 Å². The van der Waals surface area contributed by atoms with Crippen LogP contribution in [-0.4, -0.2) is 18.3 Å². The fraction of sp³-hybridized carbons (Fsp3) is 0.538. The van der Waals surface area contributed by atoms with Crippen molar-refractivity contribution in [1.29, 1.82) is 0 Å². The van der Waals surface area contributed by atoms with Crippen molar-refractivity contribution >= 4 is 11.6 Å².